The number of nitrogens with zero attached hydrogens (tertiary/aromatic N) is 1. The van der Waals surface area contributed by atoms with Crippen molar-refractivity contribution in [2.24, 2.45) is 5.73 Å². The van der Waals surface area contributed by atoms with Gasteiger partial charge in [-0.3, -0.25) is 0 Å². The molecule has 1 aromatic carbocycles. The predicted octanol–water partition coefficient (Wildman–Crippen LogP) is 1.12. The van der Waals surface area contributed by atoms with Crippen LogP contribution in [0.5, 0.6) is 0 Å². The number of rotatable bonds is 2. The molecular weight excluding hydrogens is 207 g/mol. The molecule has 3 N–H and O–H groups in total. The van der Waals surface area contributed by atoms with E-state index < -0.39 is 5.60 Å². The van der Waals surface area contributed by atoms with Crippen molar-refractivity contribution >= 4 is 5.69 Å². The van der Waals surface area contributed by atoms with E-state index in [1.54, 1.807) is 12.1 Å². The summed E-state index contributed by atoms with van der Waals surface area (Å²) in [7, 11) is 0. The molecule has 16 heavy (non-hydrogen) atoms. The van der Waals surface area contributed by atoms with E-state index in [1.807, 2.05) is 0 Å². The first-order valence-electron chi connectivity index (χ1n) is 5.56. The molecule has 0 atom stereocenters. The Morgan fingerprint density at radius 1 is 1.25 bits per heavy atom. The Morgan fingerprint density at radius 3 is 2.31 bits per heavy atom. The van der Waals surface area contributed by atoms with Crippen LogP contribution in [0.25, 0.3) is 0 Å². The molecule has 1 aliphatic rings. The molecule has 2 rings (SSSR count). The second-order valence-corrected chi connectivity index (χ2v) is 4.39. The van der Waals surface area contributed by atoms with Crippen LogP contribution in [0.2, 0.25) is 0 Å². The minimum atomic E-state index is -0.712. The summed E-state index contributed by atoms with van der Waals surface area (Å²) in [6.07, 6.45) is 1.34. The maximum Gasteiger partial charge on any atom is 0.123 e. The first-order valence-corrected chi connectivity index (χ1v) is 5.56. The van der Waals surface area contributed by atoms with Crippen molar-refractivity contribution in [2.45, 2.75) is 18.4 Å². The molecule has 0 radical (unpaired) electrons. The summed E-state index contributed by atoms with van der Waals surface area (Å²) < 4.78 is 12.8. The van der Waals surface area contributed by atoms with Crippen LogP contribution in [0, 0.1) is 5.82 Å². The van der Waals surface area contributed by atoms with E-state index in [4.69, 9.17) is 5.73 Å². The van der Waals surface area contributed by atoms with Gasteiger partial charge in [-0.1, -0.05) is 0 Å². The van der Waals surface area contributed by atoms with Gasteiger partial charge in [-0.25, -0.2) is 4.39 Å². The molecule has 1 fully saturated rings. The van der Waals surface area contributed by atoms with Gasteiger partial charge in [0, 0.05) is 25.3 Å². The monoisotopic (exact) mass is 224 g/mol. The van der Waals surface area contributed by atoms with Gasteiger partial charge in [-0.2, -0.15) is 0 Å². The fourth-order valence-electron chi connectivity index (χ4n) is 2.04. The molecule has 1 aliphatic heterocycles. The molecule has 1 aromatic rings. The molecule has 0 aromatic heterocycles. The van der Waals surface area contributed by atoms with Crippen molar-refractivity contribution in [2.75, 3.05) is 24.5 Å². The van der Waals surface area contributed by atoms with Crippen molar-refractivity contribution in [1.29, 1.82) is 0 Å². The topological polar surface area (TPSA) is 49.5 Å². The standard InChI is InChI=1S/C12H17FN2O/c13-10-1-3-11(4-2-10)15-7-5-12(16,9-14)6-8-15/h1-4,16H,5-9,14H2. The van der Waals surface area contributed by atoms with Crippen molar-refractivity contribution < 1.29 is 9.50 Å². The molecule has 1 saturated heterocycles. The molecule has 0 unspecified atom stereocenters. The molecule has 3 nitrogen and oxygen atoms in total. The molecular formula is C12H17FN2O. The summed E-state index contributed by atoms with van der Waals surface area (Å²) in [5.74, 6) is -0.223. The SMILES string of the molecule is NCC1(O)CCN(c2ccc(F)cc2)CC1. The molecule has 0 aliphatic carbocycles. The fraction of sp³-hybridized carbons (Fsp3) is 0.500. The largest absolute Gasteiger partial charge is 0.388 e. The van der Waals surface area contributed by atoms with Crippen LogP contribution in [-0.4, -0.2) is 30.3 Å². The summed E-state index contributed by atoms with van der Waals surface area (Å²) in [4.78, 5) is 2.14. The van der Waals surface area contributed by atoms with Crippen LogP contribution in [0.15, 0.2) is 24.3 Å². The van der Waals surface area contributed by atoms with E-state index in [2.05, 4.69) is 4.90 Å². The Morgan fingerprint density at radius 2 is 1.81 bits per heavy atom. The highest BCUT2D eigenvalue weighted by Crippen LogP contribution is 2.25. The third-order valence-corrected chi connectivity index (χ3v) is 3.27. The first kappa shape index (κ1) is 11.4. The van der Waals surface area contributed by atoms with Gasteiger partial charge in [0.05, 0.1) is 5.60 Å². The van der Waals surface area contributed by atoms with E-state index >= 15 is 0 Å². The van der Waals surface area contributed by atoms with Gasteiger partial charge in [0.25, 0.3) is 0 Å². The lowest BCUT2D eigenvalue weighted by Gasteiger charge is -2.38. The summed E-state index contributed by atoms with van der Waals surface area (Å²) in [6, 6.07) is 6.45. The Balaban J connectivity index is 2.01. The normalized spacial score (nSPS) is 19.8. The molecule has 88 valence electrons. The van der Waals surface area contributed by atoms with Crippen LogP contribution < -0.4 is 10.6 Å². The molecule has 0 spiro atoms. The number of anilines is 1. The molecule has 4 heteroatoms. The Labute approximate surface area is 94.7 Å². The molecule has 0 saturated carbocycles. The zero-order valence-corrected chi connectivity index (χ0v) is 9.19. The number of piperidine rings is 1. The van der Waals surface area contributed by atoms with Crippen LogP contribution >= 0.6 is 0 Å². The lowest BCUT2D eigenvalue weighted by atomic mass is 9.91. The van der Waals surface area contributed by atoms with Crippen LogP contribution in [0.1, 0.15) is 12.8 Å². The summed E-state index contributed by atoms with van der Waals surface area (Å²) >= 11 is 0. The highest BCUT2D eigenvalue weighted by atomic mass is 19.1. The predicted molar refractivity (Wildman–Crippen MR) is 61.9 cm³/mol. The number of benzene rings is 1. The Hall–Kier alpha value is -1.13. The summed E-state index contributed by atoms with van der Waals surface area (Å²) in [5.41, 5.74) is 5.81. The maximum atomic E-state index is 12.8. The summed E-state index contributed by atoms with van der Waals surface area (Å²) in [5, 5.41) is 9.98. The number of nitrogens with two attached hydrogens (primary N) is 1. The van der Waals surface area contributed by atoms with E-state index in [9.17, 15) is 9.50 Å². The van der Waals surface area contributed by atoms with Gasteiger partial charge in [0.15, 0.2) is 0 Å². The Kier molecular flexibility index (Phi) is 3.12. The molecule has 0 bridgehead atoms. The van der Waals surface area contributed by atoms with Crippen molar-refractivity contribution in [1.82, 2.24) is 0 Å². The van der Waals surface area contributed by atoms with Gasteiger partial charge in [-0.15, -0.1) is 0 Å². The van der Waals surface area contributed by atoms with Gasteiger partial charge < -0.3 is 15.7 Å². The number of hydrogen-bond donors (Lipinski definition) is 2. The smallest absolute Gasteiger partial charge is 0.123 e. The van der Waals surface area contributed by atoms with Gasteiger partial charge in [-0.05, 0) is 37.1 Å². The average Bonchev–Trinajstić information content (AvgIpc) is 2.32. The van der Waals surface area contributed by atoms with Crippen molar-refractivity contribution in [3.05, 3.63) is 30.1 Å². The number of hydrogen-bond acceptors (Lipinski definition) is 3. The quantitative estimate of drug-likeness (QED) is 0.791. The molecule has 1 heterocycles. The Bertz CT molecular complexity index is 345. The second-order valence-electron chi connectivity index (χ2n) is 4.39. The maximum absolute atomic E-state index is 12.8. The van der Waals surface area contributed by atoms with Crippen molar-refractivity contribution in [3.8, 4) is 0 Å². The third-order valence-electron chi connectivity index (χ3n) is 3.27. The highest BCUT2D eigenvalue weighted by molar-refractivity contribution is 5.46. The minimum Gasteiger partial charge on any atom is -0.388 e. The van der Waals surface area contributed by atoms with E-state index in [-0.39, 0.29) is 5.82 Å². The van der Waals surface area contributed by atoms with E-state index in [1.165, 1.54) is 12.1 Å². The van der Waals surface area contributed by atoms with E-state index in [0.29, 0.717) is 19.4 Å². The lowest BCUT2D eigenvalue weighted by molar-refractivity contribution is 0.0250. The third kappa shape index (κ3) is 2.33. The summed E-state index contributed by atoms with van der Waals surface area (Å²) in [6.45, 7) is 1.84. The average molecular weight is 224 g/mol. The van der Waals surface area contributed by atoms with E-state index in [0.717, 1.165) is 18.8 Å². The lowest BCUT2D eigenvalue weighted by Crippen LogP contribution is -2.48. The zero-order valence-electron chi connectivity index (χ0n) is 9.19. The fourth-order valence-corrected chi connectivity index (χ4v) is 2.04. The van der Waals surface area contributed by atoms with Gasteiger partial charge in [0.2, 0.25) is 0 Å². The number of halogens is 1. The first-order chi connectivity index (χ1) is 7.63. The van der Waals surface area contributed by atoms with Crippen LogP contribution in [0.4, 0.5) is 10.1 Å². The minimum absolute atomic E-state index is 0.223. The van der Waals surface area contributed by atoms with Gasteiger partial charge in [0.1, 0.15) is 5.82 Å². The number of aliphatic hydroxyl groups is 1. The van der Waals surface area contributed by atoms with Gasteiger partial charge >= 0.3 is 0 Å². The zero-order chi connectivity index (χ0) is 11.6. The van der Waals surface area contributed by atoms with Crippen LogP contribution in [0.3, 0.4) is 0 Å². The highest BCUT2D eigenvalue weighted by Gasteiger charge is 2.30. The second kappa shape index (κ2) is 4.39. The molecule has 0 amide bonds. The van der Waals surface area contributed by atoms with Crippen molar-refractivity contribution in [3.63, 3.8) is 0 Å². The van der Waals surface area contributed by atoms with Crippen LogP contribution in [-0.2, 0) is 0 Å².